The highest BCUT2D eigenvalue weighted by Gasteiger charge is 2.34. The van der Waals surface area contributed by atoms with Crippen molar-refractivity contribution in [2.45, 2.75) is 11.7 Å². The van der Waals surface area contributed by atoms with Crippen molar-refractivity contribution in [2.24, 2.45) is 4.99 Å². The lowest BCUT2D eigenvalue weighted by Crippen LogP contribution is -2.43. The summed E-state index contributed by atoms with van der Waals surface area (Å²) in [7, 11) is 3.19. The number of aliphatic imine (C=N–C) groups is 1. The van der Waals surface area contributed by atoms with E-state index in [0.717, 1.165) is 0 Å². The third kappa shape index (κ3) is 4.46. The predicted molar refractivity (Wildman–Crippen MR) is 104 cm³/mol. The average Bonchev–Trinajstić information content (AvgIpc) is 2.67. The summed E-state index contributed by atoms with van der Waals surface area (Å²) in [5.41, 5.74) is 0.719. The summed E-state index contributed by atoms with van der Waals surface area (Å²) in [6.07, 6.45) is 0.0169. The molecule has 0 saturated carbocycles. The highest BCUT2D eigenvalue weighted by atomic mass is 32.2. The lowest BCUT2D eigenvalue weighted by molar-refractivity contribution is -0.128. The van der Waals surface area contributed by atoms with E-state index in [1.165, 1.54) is 28.8 Å². The number of hydrogen-bond acceptors (Lipinski definition) is 5. The van der Waals surface area contributed by atoms with Gasteiger partial charge in [-0.2, -0.15) is 0 Å². The zero-order valence-corrected chi connectivity index (χ0v) is 15.6. The summed E-state index contributed by atoms with van der Waals surface area (Å²) in [6.45, 7) is 0. The lowest BCUT2D eigenvalue weighted by atomic mass is 10.2. The smallest absolute Gasteiger partial charge is 0.238 e. The van der Waals surface area contributed by atoms with Crippen molar-refractivity contribution in [2.75, 3.05) is 19.5 Å². The van der Waals surface area contributed by atoms with Gasteiger partial charge >= 0.3 is 0 Å². The van der Waals surface area contributed by atoms with Crippen LogP contribution in [0.25, 0.3) is 0 Å². The lowest BCUT2D eigenvalue weighted by Gasteiger charge is -2.28. The van der Waals surface area contributed by atoms with Crippen LogP contribution < -0.4 is 10.1 Å². The molecule has 2 aromatic carbocycles. The second-order valence-corrected chi connectivity index (χ2v) is 6.99. The largest absolute Gasteiger partial charge is 0.497 e. The van der Waals surface area contributed by atoms with E-state index in [4.69, 9.17) is 4.74 Å². The molecule has 6 nitrogen and oxygen atoms in total. The Labute approximate surface area is 160 Å². The molecule has 0 aromatic heterocycles. The minimum Gasteiger partial charge on any atom is -0.497 e. The molecule has 1 unspecified atom stereocenters. The number of halogens is 1. The molecule has 0 radical (unpaired) electrons. The number of anilines is 1. The maximum atomic E-state index is 13.8. The third-order valence-electron chi connectivity index (χ3n) is 3.99. The fourth-order valence-corrected chi connectivity index (χ4v) is 3.51. The molecular formula is C19H18FN3O3S. The number of hydrogen-bond donors (Lipinski definition) is 1. The molecule has 0 aliphatic carbocycles. The molecule has 1 N–H and O–H groups in total. The van der Waals surface area contributed by atoms with Crippen LogP contribution in [0.4, 0.5) is 15.8 Å². The van der Waals surface area contributed by atoms with Crippen molar-refractivity contribution >= 4 is 40.1 Å². The van der Waals surface area contributed by atoms with Gasteiger partial charge in [-0.1, -0.05) is 23.9 Å². The predicted octanol–water partition coefficient (Wildman–Crippen LogP) is 3.42. The average molecular weight is 387 g/mol. The quantitative estimate of drug-likeness (QED) is 0.873. The maximum absolute atomic E-state index is 13.8. The number of ether oxygens (including phenoxy) is 1. The molecule has 1 aliphatic heterocycles. The number of carbonyl (C=O) groups is 2. The van der Waals surface area contributed by atoms with Gasteiger partial charge in [0.2, 0.25) is 11.8 Å². The number of methoxy groups -OCH3 is 1. The van der Waals surface area contributed by atoms with E-state index in [2.05, 4.69) is 10.3 Å². The Bertz CT molecular complexity index is 886. The van der Waals surface area contributed by atoms with Gasteiger partial charge in [0.15, 0.2) is 5.17 Å². The molecule has 1 atom stereocenters. The van der Waals surface area contributed by atoms with E-state index in [1.54, 1.807) is 50.6 Å². The fourth-order valence-electron chi connectivity index (χ4n) is 2.44. The van der Waals surface area contributed by atoms with Crippen LogP contribution in [0.2, 0.25) is 0 Å². The number of benzene rings is 2. The molecule has 2 aromatic rings. The third-order valence-corrected chi connectivity index (χ3v) is 5.23. The molecule has 0 bridgehead atoms. The number of para-hydroxylation sites is 1. The minimum absolute atomic E-state index is 0.0169. The van der Waals surface area contributed by atoms with Crippen LogP contribution in [0.15, 0.2) is 53.5 Å². The van der Waals surface area contributed by atoms with E-state index in [1.807, 2.05) is 0 Å². The Balaban J connectivity index is 1.78. The van der Waals surface area contributed by atoms with E-state index in [9.17, 15) is 14.0 Å². The maximum Gasteiger partial charge on any atom is 0.238 e. The van der Waals surface area contributed by atoms with E-state index in [-0.39, 0.29) is 18.0 Å². The number of amidine groups is 1. The van der Waals surface area contributed by atoms with Gasteiger partial charge in [0, 0.05) is 13.5 Å². The first-order chi connectivity index (χ1) is 13.0. The van der Waals surface area contributed by atoms with Gasteiger partial charge in [-0.25, -0.2) is 9.38 Å². The van der Waals surface area contributed by atoms with Gasteiger partial charge in [0.1, 0.15) is 16.8 Å². The number of nitrogens with one attached hydrogen (secondary N) is 1. The first-order valence-corrected chi connectivity index (χ1v) is 9.07. The van der Waals surface area contributed by atoms with E-state index in [0.29, 0.717) is 16.6 Å². The van der Waals surface area contributed by atoms with Crippen LogP contribution in [0.1, 0.15) is 6.42 Å². The topological polar surface area (TPSA) is 71.0 Å². The van der Waals surface area contributed by atoms with Crippen LogP contribution in [-0.4, -0.2) is 41.3 Å². The Morgan fingerprint density at radius 3 is 2.63 bits per heavy atom. The standard InChI is InChI=1S/C19H18FN3O3S/c1-23-17(24)11-16(18(25)22-15-6-4-3-5-14(15)20)27-19(23)21-12-7-9-13(26-2)10-8-12/h3-10,16H,11H2,1-2H3,(H,22,25). The number of thioether (sulfide) groups is 1. The summed E-state index contributed by atoms with van der Waals surface area (Å²) in [4.78, 5) is 30.7. The van der Waals surface area contributed by atoms with Crippen molar-refractivity contribution in [1.29, 1.82) is 0 Å². The number of nitrogens with zero attached hydrogens (tertiary/aromatic N) is 2. The summed E-state index contributed by atoms with van der Waals surface area (Å²) in [5.74, 6) is -0.493. The summed E-state index contributed by atoms with van der Waals surface area (Å²) in [6, 6.07) is 12.9. The SMILES string of the molecule is COc1ccc(N=C2SC(C(=O)Nc3ccccc3F)CC(=O)N2C)cc1. The van der Waals surface area contributed by atoms with E-state index < -0.39 is 17.0 Å². The molecule has 140 valence electrons. The Morgan fingerprint density at radius 1 is 1.26 bits per heavy atom. The number of carbonyl (C=O) groups excluding carboxylic acids is 2. The highest BCUT2D eigenvalue weighted by molar-refractivity contribution is 8.15. The van der Waals surface area contributed by atoms with Gasteiger partial charge in [0.25, 0.3) is 0 Å². The number of amides is 2. The molecule has 3 rings (SSSR count). The molecule has 1 fully saturated rings. The van der Waals surface area contributed by atoms with Crippen LogP contribution in [0, 0.1) is 5.82 Å². The molecular weight excluding hydrogens is 369 g/mol. The van der Waals surface area contributed by atoms with Gasteiger partial charge in [-0.05, 0) is 36.4 Å². The zero-order chi connectivity index (χ0) is 19.4. The van der Waals surface area contributed by atoms with Crippen molar-refractivity contribution < 1.29 is 18.7 Å². The molecule has 0 spiro atoms. The molecule has 1 saturated heterocycles. The summed E-state index contributed by atoms with van der Waals surface area (Å²) in [5, 5.41) is 2.26. The monoisotopic (exact) mass is 387 g/mol. The van der Waals surface area contributed by atoms with Crippen molar-refractivity contribution in [3.05, 3.63) is 54.3 Å². The van der Waals surface area contributed by atoms with Crippen molar-refractivity contribution in [3.8, 4) is 5.75 Å². The summed E-state index contributed by atoms with van der Waals surface area (Å²) >= 11 is 1.17. The van der Waals surface area contributed by atoms with Gasteiger partial charge in [-0.15, -0.1) is 0 Å². The Morgan fingerprint density at radius 2 is 1.96 bits per heavy atom. The molecule has 27 heavy (non-hydrogen) atoms. The van der Waals surface area contributed by atoms with Crippen molar-refractivity contribution in [3.63, 3.8) is 0 Å². The molecule has 1 heterocycles. The normalized spacial score (nSPS) is 18.5. The molecule has 8 heteroatoms. The van der Waals surface area contributed by atoms with Crippen LogP contribution >= 0.6 is 11.8 Å². The van der Waals surface area contributed by atoms with E-state index >= 15 is 0 Å². The fraction of sp³-hybridized carbons (Fsp3) is 0.211. The summed E-state index contributed by atoms with van der Waals surface area (Å²) < 4.78 is 18.9. The van der Waals surface area contributed by atoms with Gasteiger partial charge < -0.3 is 10.1 Å². The highest BCUT2D eigenvalue weighted by Crippen LogP contribution is 2.29. The zero-order valence-electron chi connectivity index (χ0n) is 14.8. The second-order valence-electron chi connectivity index (χ2n) is 5.82. The first kappa shape index (κ1) is 18.9. The van der Waals surface area contributed by atoms with Crippen LogP contribution in [-0.2, 0) is 9.59 Å². The van der Waals surface area contributed by atoms with Crippen molar-refractivity contribution in [1.82, 2.24) is 4.90 Å². The van der Waals surface area contributed by atoms with Crippen LogP contribution in [0.3, 0.4) is 0 Å². The molecule has 2 amide bonds. The Kier molecular flexibility index (Phi) is 5.75. The minimum atomic E-state index is -0.690. The number of rotatable bonds is 4. The van der Waals surface area contributed by atoms with Gasteiger partial charge in [0.05, 0.1) is 18.5 Å². The van der Waals surface area contributed by atoms with Gasteiger partial charge in [-0.3, -0.25) is 14.5 Å². The second kappa shape index (κ2) is 8.22. The van der Waals surface area contributed by atoms with Crippen LogP contribution in [0.5, 0.6) is 5.75 Å². The Hall–Kier alpha value is -2.87. The molecule has 1 aliphatic rings. The first-order valence-electron chi connectivity index (χ1n) is 8.19.